The molecule has 170 valence electrons. The van der Waals surface area contributed by atoms with E-state index in [1.807, 2.05) is 12.2 Å². The number of unbranched alkanes of at least 4 members (excludes halogenated alkanes) is 11. The Labute approximate surface area is 176 Å². The fraction of sp³-hybridized carbons (Fsp3) is 0.696. The summed E-state index contributed by atoms with van der Waals surface area (Å²) in [5.74, 6) is -2.46. The van der Waals surface area contributed by atoms with Crippen LogP contribution in [-0.4, -0.2) is 33.2 Å². The van der Waals surface area contributed by atoms with E-state index in [1.165, 1.54) is 70.6 Å². The second-order valence-corrected chi connectivity index (χ2v) is 6.72. The Morgan fingerprint density at radius 1 is 0.690 bits per heavy atom. The van der Waals surface area contributed by atoms with Crippen molar-refractivity contribution >= 4 is 17.9 Å². The van der Waals surface area contributed by atoms with E-state index >= 15 is 0 Å². The molecule has 0 amide bonds. The van der Waals surface area contributed by atoms with Gasteiger partial charge in [0.1, 0.15) is 0 Å². The van der Waals surface area contributed by atoms with Crippen LogP contribution in [-0.2, 0) is 14.4 Å². The minimum atomic E-state index is -0.885. The lowest BCUT2D eigenvalue weighted by Gasteiger charge is -2.01. The maximum Gasteiger partial charge on any atom is 0.328 e. The van der Waals surface area contributed by atoms with Gasteiger partial charge in [-0.05, 0) is 12.8 Å². The Kier molecular flexibility index (Phi) is 30.6. The fourth-order valence-corrected chi connectivity index (χ4v) is 2.24. The largest absolute Gasteiger partial charge is 0.481 e. The van der Waals surface area contributed by atoms with Crippen molar-refractivity contribution in [3.8, 4) is 0 Å². The minimum absolute atomic E-state index is 0.222. The van der Waals surface area contributed by atoms with E-state index in [9.17, 15) is 9.59 Å². The Hall–Kier alpha value is -2.11. The van der Waals surface area contributed by atoms with Crippen molar-refractivity contribution in [1.29, 1.82) is 0 Å². The van der Waals surface area contributed by atoms with Gasteiger partial charge < -0.3 is 15.3 Å². The van der Waals surface area contributed by atoms with Gasteiger partial charge in [0.05, 0.1) is 0 Å². The van der Waals surface area contributed by atoms with Crippen LogP contribution in [0.2, 0.25) is 0 Å². The quantitative estimate of drug-likeness (QED) is 0.161. The van der Waals surface area contributed by atoms with Crippen LogP contribution < -0.4 is 0 Å². The summed E-state index contributed by atoms with van der Waals surface area (Å²) in [6.45, 7) is 4.94. The van der Waals surface area contributed by atoms with Gasteiger partial charge in [-0.15, -0.1) is 0 Å². The highest BCUT2D eigenvalue weighted by Gasteiger charge is 1.92. The molecule has 0 fully saturated rings. The second-order valence-electron chi connectivity index (χ2n) is 6.72. The zero-order chi connectivity index (χ0) is 22.8. The third-order valence-electron chi connectivity index (χ3n) is 3.76. The second kappa shape index (κ2) is 28.1. The molecule has 0 heterocycles. The summed E-state index contributed by atoms with van der Waals surface area (Å²) in [7, 11) is 0. The van der Waals surface area contributed by atoms with Crippen molar-refractivity contribution in [1.82, 2.24) is 0 Å². The standard InChI is InChI=1S/C18H32O2.C3H6O2.C2H4O2/c1-2-3-4-5-6-7-8-9-10-11-12-13-14-15-16-17-18(19)20;1-2-3(4)5;1-2(3)4/h14-17H,2-13H2,1H3,(H,19,20);2H2,1H3,(H,4,5);1H3,(H,3,4)/b15-14+,17-16+;;. The van der Waals surface area contributed by atoms with E-state index < -0.39 is 17.9 Å². The number of carboxylic acids is 3. The molecule has 0 radical (unpaired) electrons. The third kappa shape index (κ3) is 51.8. The fourth-order valence-electron chi connectivity index (χ4n) is 2.24. The summed E-state index contributed by atoms with van der Waals surface area (Å²) in [5.41, 5.74) is 0. The van der Waals surface area contributed by atoms with E-state index in [2.05, 4.69) is 6.92 Å². The van der Waals surface area contributed by atoms with Crippen LogP contribution in [0.4, 0.5) is 0 Å². The van der Waals surface area contributed by atoms with Crippen molar-refractivity contribution in [2.75, 3.05) is 0 Å². The van der Waals surface area contributed by atoms with Crippen LogP contribution in [0.15, 0.2) is 24.3 Å². The SMILES string of the molecule is CC(=O)O.CCC(=O)O.CCCCCCCCCCCCC/C=C/C=C/C(=O)O. The number of rotatable bonds is 15. The highest BCUT2D eigenvalue weighted by molar-refractivity contribution is 5.80. The molecule has 29 heavy (non-hydrogen) atoms. The summed E-state index contributed by atoms with van der Waals surface area (Å²) in [6, 6.07) is 0. The summed E-state index contributed by atoms with van der Waals surface area (Å²) >= 11 is 0. The van der Waals surface area contributed by atoms with Gasteiger partial charge >= 0.3 is 11.9 Å². The number of hydrogen-bond donors (Lipinski definition) is 3. The molecular formula is C23H42O6. The summed E-state index contributed by atoms with van der Waals surface area (Å²) < 4.78 is 0. The van der Waals surface area contributed by atoms with E-state index in [4.69, 9.17) is 20.1 Å². The van der Waals surface area contributed by atoms with Gasteiger partial charge in [0.15, 0.2) is 0 Å². The molecule has 6 heteroatoms. The first-order valence-electron chi connectivity index (χ1n) is 10.7. The number of allylic oxidation sites excluding steroid dienone is 3. The molecule has 0 saturated heterocycles. The zero-order valence-corrected chi connectivity index (χ0v) is 18.6. The first kappa shape index (κ1) is 31.6. The Morgan fingerprint density at radius 2 is 1.07 bits per heavy atom. The van der Waals surface area contributed by atoms with Crippen LogP contribution in [0.3, 0.4) is 0 Å². The van der Waals surface area contributed by atoms with Crippen molar-refractivity contribution in [3.63, 3.8) is 0 Å². The van der Waals surface area contributed by atoms with Crippen LogP contribution in [0.25, 0.3) is 0 Å². The van der Waals surface area contributed by atoms with Crippen LogP contribution in [0.5, 0.6) is 0 Å². The number of aliphatic carboxylic acids is 3. The minimum Gasteiger partial charge on any atom is -0.481 e. The number of carbonyl (C=O) groups is 3. The topological polar surface area (TPSA) is 112 Å². The van der Waals surface area contributed by atoms with Gasteiger partial charge in [-0.3, -0.25) is 9.59 Å². The Morgan fingerprint density at radius 3 is 1.41 bits per heavy atom. The molecule has 0 spiro atoms. The molecule has 0 aromatic heterocycles. The number of carboxylic acid groups (broad SMARTS) is 3. The van der Waals surface area contributed by atoms with Crippen molar-refractivity contribution in [3.05, 3.63) is 24.3 Å². The Bertz CT molecular complexity index is 437. The van der Waals surface area contributed by atoms with E-state index in [0.717, 1.165) is 19.4 Å². The van der Waals surface area contributed by atoms with Gasteiger partial charge in [-0.25, -0.2) is 4.79 Å². The maximum absolute atomic E-state index is 10.2. The summed E-state index contributed by atoms with van der Waals surface area (Å²) in [5, 5.41) is 23.5. The predicted molar refractivity (Wildman–Crippen MR) is 118 cm³/mol. The molecule has 0 saturated carbocycles. The zero-order valence-electron chi connectivity index (χ0n) is 18.6. The molecule has 0 unspecified atom stereocenters. The van der Waals surface area contributed by atoms with E-state index in [0.29, 0.717) is 0 Å². The summed E-state index contributed by atoms with van der Waals surface area (Å²) in [6.07, 6.45) is 22.9. The average molecular weight is 415 g/mol. The highest BCUT2D eigenvalue weighted by Crippen LogP contribution is 2.11. The van der Waals surface area contributed by atoms with Crippen molar-refractivity contribution in [2.45, 2.75) is 104 Å². The molecule has 0 aromatic rings. The predicted octanol–water partition coefficient (Wildman–Crippen LogP) is 6.46. The van der Waals surface area contributed by atoms with E-state index in [-0.39, 0.29) is 6.42 Å². The lowest BCUT2D eigenvalue weighted by molar-refractivity contribution is -0.137. The van der Waals surface area contributed by atoms with Crippen LogP contribution in [0, 0.1) is 0 Å². The smallest absolute Gasteiger partial charge is 0.328 e. The van der Waals surface area contributed by atoms with Crippen LogP contribution >= 0.6 is 0 Å². The molecule has 0 aliphatic carbocycles. The molecule has 0 aromatic carbocycles. The monoisotopic (exact) mass is 414 g/mol. The summed E-state index contributed by atoms with van der Waals surface area (Å²) in [4.78, 5) is 28.6. The van der Waals surface area contributed by atoms with Gasteiger partial charge in [-0.2, -0.15) is 0 Å². The molecule has 0 bridgehead atoms. The third-order valence-corrected chi connectivity index (χ3v) is 3.76. The molecule has 3 N–H and O–H groups in total. The van der Waals surface area contributed by atoms with Gasteiger partial charge in [0.2, 0.25) is 0 Å². The van der Waals surface area contributed by atoms with E-state index in [1.54, 1.807) is 13.0 Å². The molecule has 0 aliphatic rings. The number of hydrogen-bond acceptors (Lipinski definition) is 3. The van der Waals surface area contributed by atoms with Gasteiger partial charge in [0.25, 0.3) is 5.97 Å². The molecule has 0 aliphatic heterocycles. The lowest BCUT2D eigenvalue weighted by Crippen LogP contribution is -1.86. The first-order chi connectivity index (χ1) is 13.8. The lowest BCUT2D eigenvalue weighted by atomic mass is 10.1. The van der Waals surface area contributed by atoms with Crippen LogP contribution in [0.1, 0.15) is 104 Å². The highest BCUT2D eigenvalue weighted by atomic mass is 16.4. The van der Waals surface area contributed by atoms with Crippen molar-refractivity contribution in [2.24, 2.45) is 0 Å². The normalized spacial score (nSPS) is 10.2. The first-order valence-corrected chi connectivity index (χ1v) is 10.7. The maximum atomic E-state index is 10.2. The molecule has 6 nitrogen and oxygen atoms in total. The van der Waals surface area contributed by atoms with Crippen molar-refractivity contribution < 1.29 is 29.7 Å². The van der Waals surface area contributed by atoms with Gasteiger partial charge in [-0.1, -0.05) is 96.3 Å². The molecule has 0 atom stereocenters. The molecule has 0 rings (SSSR count). The molecular weight excluding hydrogens is 372 g/mol. The van der Waals surface area contributed by atoms with Gasteiger partial charge in [0, 0.05) is 19.4 Å². The Balaban J connectivity index is -0.000000623. The average Bonchev–Trinajstić information content (AvgIpc) is 2.64.